The largest absolute Gasteiger partial charge is 0.493 e. The minimum absolute atomic E-state index is 0.134. The molecular formula is C19H22N2O4S. The lowest BCUT2D eigenvalue weighted by Gasteiger charge is -2.10. The van der Waals surface area contributed by atoms with Crippen LogP contribution in [0.5, 0.6) is 11.5 Å². The van der Waals surface area contributed by atoms with Gasteiger partial charge in [0.1, 0.15) is 5.69 Å². The average Bonchev–Trinajstić information content (AvgIpc) is 3.09. The predicted molar refractivity (Wildman–Crippen MR) is 103 cm³/mol. The fraction of sp³-hybridized carbons (Fsp3) is 0.316. The highest BCUT2D eigenvalue weighted by molar-refractivity contribution is 7.14. The van der Waals surface area contributed by atoms with E-state index >= 15 is 0 Å². The van der Waals surface area contributed by atoms with Crippen LogP contribution in [0.15, 0.2) is 29.7 Å². The number of rotatable bonds is 9. The van der Waals surface area contributed by atoms with Crippen molar-refractivity contribution < 1.29 is 19.1 Å². The molecule has 1 N–H and O–H groups in total. The number of thiazole rings is 1. The summed E-state index contributed by atoms with van der Waals surface area (Å²) in [6.45, 7) is 4.18. The van der Waals surface area contributed by atoms with E-state index in [-0.39, 0.29) is 11.7 Å². The minimum Gasteiger partial charge on any atom is -0.493 e. The molecule has 2 rings (SSSR count). The van der Waals surface area contributed by atoms with E-state index in [9.17, 15) is 9.59 Å². The molecule has 0 spiro atoms. The van der Waals surface area contributed by atoms with Gasteiger partial charge in [-0.05, 0) is 30.2 Å². The van der Waals surface area contributed by atoms with Crippen LogP contribution in [0.4, 0.5) is 5.13 Å². The number of ketones is 1. The van der Waals surface area contributed by atoms with Gasteiger partial charge in [0, 0.05) is 18.4 Å². The first-order valence-corrected chi connectivity index (χ1v) is 9.17. The molecule has 0 radical (unpaired) electrons. The Hall–Kier alpha value is -2.67. The fourth-order valence-corrected chi connectivity index (χ4v) is 2.80. The number of methoxy groups -OCH3 is 1. The first-order valence-electron chi connectivity index (χ1n) is 8.29. The Balaban J connectivity index is 1.99. The van der Waals surface area contributed by atoms with Gasteiger partial charge in [-0.25, -0.2) is 4.98 Å². The smallest absolute Gasteiger partial charge is 0.250 e. The molecule has 1 aromatic carbocycles. The fourth-order valence-electron chi connectivity index (χ4n) is 2.05. The van der Waals surface area contributed by atoms with Gasteiger partial charge in [0.2, 0.25) is 5.91 Å². The van der Waals surface area contributed by atoms with E-state index in [0.29, 0.717) is 28.9 Å². The molecule has 1 amide bonds. The number of carbonyl (C=O) groups is 2. The van der Waals surface area contributed by atoms with Crippen molar-refractivity contribution in [2.45, 2.75) is 26.7 Å². The lowest BCUT2D eigenvalue weighted by atomic mass is 10.2. The van der Waals surface area contributed by atoms with Gasteiger partial charge >= 0.3 is 0 Å². The lowest BCUT2D eigenvalue weighted by Crippen LogP contribution is -2.07. The molecule has 0 aliphatic carbocycles. The zero-order chi connectivity index (χ0) is 18.9. The summed E-state index contributed by atoms with van der Waals surface area (Å²) in [6.07, 6.45) is 5.12. The maximum Gasteiger partial charge on any atom is 0.250 e. The molecule has 1 heterocycles. The molecule has 0 bridgehead atoms. The molecule has 2 aromatic rings. The second-order valence-electron chi connectivity index (χ2n) is 5.53. The highest BCUT2D eigenvalue weighted by Crippen LogP contribution is 2.28. The number of nitrogens with one attached hydrogen (secondary N) is 1. The van der Waals surface area contributed by atoms with Crippen LogP contribution >= 0.6 is 11.3 Å². The van der Waals surface area contributed by atoms with Crippen molar-refractivity contribution in [1.82, 2.24) is 4.98 Å². The number of nitrogens with zero attached hydrogens (tertiary/aromatic N) is 1. The van der Waals surface area contributed by atoms with Crippen LogP contribution in [-0.2, 0) is 4.79 Å². The zero-order valence-electron chi connectivity index (χ0n) is 15.1. The van der Waals surface area contributed by atoms with Crippen molar-refractivity contribution in [2.75, 3.05) is 19.0 Å². The number of amides is 1. The molecule has 1 aromatic heterocycles. The van der Waals surface area contributed by atoms with E-state index in [1.54, 1.807) is 18.6 Å². The molecule has 0 unspecified atom stereocenters. The number of Topliss-reactive ketones (excluding diaryl/α,β-unsaturated/α-hetero) is 1. The second kappa shape index (κ2) is 9.72. The van der Waals surface area contributed by atoms with Crippen LogP contribution in [0.25, 0.3) is 6.08 Å². The summed E-state index contributed by atoms with van der Waals surface area (Å²) in [5, 5.41) is 4.64. The highest BCUT2D eigenvalue weighted by Gasteiger charge is 2.08. The second-order valence-corrected chi connectivity index (χ2v) is 6.39. The third kappa shape index (κ3) is 5.70. The molecule has 6 nitrogen and oxygen atoms in total. The summed E-state index contributed by atoms with van der Waals surface area (Å²) in [7, 11) is 1.58. The third-order valence-corrected chi connectivity index (χ3v) is 4.22. The molecule has 0 aliphatic heterocycles. The molecule has 0 aliphatic rings. The van der Waals surface area contributed by atoms with Gasteiger partial charge in [-0.1, -0.05) is 19.4 Å². The summed E-state index contributed by atoms with van der Waals surface area (Å²) < 4.78 is 11.0. The van der Waals surface area contributed by atoms with Gasteiger partial charge in [0.15, 0.2) is 22.4 Å². The highest BCUT2D eigenvalue weighted by atomic mass is 32.1. The van der Waals surface area contributed by atoms with Crippen LogP contribution in [0.1, 0.15) is 42.7 Å². The first-order chi connectivity index (χ1) is 12.5. The number of ether oxygens (including phenoxy) is 2. The van der Waals surface area contributed by atoms with Gasteiger partial charge in [0.25, 0.3) is 0 Å². The number of benzene rings is 1. The van der Waals surface area contributed by atoms with E-state index < -0.39 is 0 Å². The van der Waals surface area contributed by atoms with Crippen LogP contribution in [0.2, 0.25) is 0 Å². The van der Waals surface area contributed by atoms with E-state index in [4.69, 9.17) is 9.47 Å². The topological polar surface area (TPSA) is 77.5 Å². The molecule has 0 saturated heterocycles. The quantitative estimate of drug-likeness (QED) is 0.405. The van der Waals surface area contributed by atoms with Crippen molar-refractivity contribution in [3.8, 4) is 11.5 Å². The number of hydrogen-bond acceptors (Lipinski definition) is 6. The Kier molecular flexibility index (Phi) is 7.35. The van der Waals surface area contributed by atoms with E-state index in [2.05, 4.69) is 17.2 Å². The normalized spacial score (nSPS) is 10.7. The Morgan fingerprint density at radius 2 is 2.12 bits per heavy atom. The first kappa shape index (κ1) is 19.7. The summed E-state index contributed by atoms with van der Waals surface area (Å²) in [6, 6.07) is 5.49. The minimum atomic E-state index is -0.323. The van der Waals surface area contributed by atoms with Crippen LogP contribution in [0, 0.1) is 0 Å². The maximum atomic E-state index is 12.0. The molecule has 26 heavy (non-hydrogen) atoms. The molecule has 0 atom stereocenters. The van der Waals surface area contributed by atoms with Gasteiger partial charge in [-0.15, -0.1) is 11.3 Å². The monoisotopic (exact) mass is 374 g/mol. The van der Waals surface area contributed by atoms with Gasteiger partial charge in [-0.3, -0.25) is 14.9 Å². The predicted octanol–water partition coefficient (Wildman–Crippen LogP) is 4.19. The summed E-state index contributed by atoms with van der Waals surface area (Å²) in [5.74, 6) is 0.846. The van der Waals surface area contributed by atoms with Crippen molar-refractivity contribution in [1.29, 1.82) is 0 Å². The number of unbranched alkanes of at least 4 members (excludes halogenated alkanes) is 1. The molecule has 138 valence electrons. The Bertz CT molecular complexity index is 799. The summed E-state index contributed by atoms with van der Waals surface area (Å²) >= 11 is 1.21. The van der Waals surface area contributed by atoms with Crippen LogP contribution in [0.3, 0.4) is 0 Å². The Morgan fingerprint density at radius 1 is 1.31 bits per heavy atom. The Labute approximate surface area is 156 Å². The summed E-state index contributed by atoms with van der Waals surface area (Å²) in [4.78, 5) is 27.3. The number of hydrogen-bond donors (Lipinski definition) is 1. The average molecular weight is 374 g/mol. The van der Waals surface area contributed by atoms with Gasteiger partial charge in [0.05, 0.1) is 13.7 Å². The van der Waals surface area contributed by atoms with E-state index in [1.165, 1.54) is 24.3 Å². The van der Waals surface area contributed by atoms with Crippen LogP contribution < -0.4 is 14.8 Å². The maximum absolute atomic E-state index is 12.0. The summed E-state index contributed by atoms with van der Waals surface area (Å²) in [5.41, 5.74) is 1.15. The number of carbonyl (C=O) groups excluding carboxylic acids is 2. The third-order valence-electron chi connectivity index (χ3n) is 3.47. The SMILES string of the molecule is CCCCOc1ccc(/C=C/C(=O)Nc2nc(C(C)=O)cs2)cc1OC. The number of aromatic nitrogens is 1. The van der Waals surface area contributed by atoms with Crippen molar-refractivity contribution in [3.05, 3.63) is 40.9 Å². The van der Waals surface area contributed by atoms with E-state index in [1.807, 2.05) is 18.2 Å². The Morgan fingerprint density at radius 3 is 2.77 bits per heavy atom. The van der Waals surface area contributed by atoms with Crippen molar-refractivity contribution in [2.24, 2.45) is 0 Å². The molecular weight excluding hydrogens is 352 g/mol. The molecule has 7 heteroatoms. The number of anilines is 1. The molecule has 0 fully saturated rings. The van der Waals surface area contributed by atoms with E-state index in [0.717, 1.165) is 18.4 Å². The van der Waals surface area contributed by atoms with Gasteiger partial charge in [-0.2, -0.15) is 0 Å². The zero-order valence-corrected chi connectivity index (χ0v) is 15.9. The van der Waals surface area contributed by atoms with Crippen molar-refractivity contribution in [3.63, 3.8) is 0 Å². The van der Waals surface area contributed by atoms with Gasteiger partial charge < -0.3 is 9.47 Å². The standard InChI is InChI=1S/C19H22N2O4S/c1-4-5-10-25-16-8-6-14(11-17(16)24-3)7-9-18(23)21-19-20-15(12-26-19)13(2)22/h6-9,11-12H,4-5,10H2,1-3H3,(H,20,21,23)/b9-7+. The van der Waals surface area contributed by atoms with Crippen molar-refractivity contribution >= 4 is 34.2 Å². The molecule has 0 saturated carbocycles. The van der Waals surface area contributed by atoms with Crippen LogP contribution in [-0.4, -0.2) is 30.4 Å². The lowest BCUT2D eigenvalue weighted by molar-refractivity contribution is -0.111.